The number of aromatic nitrogens is 2. The van der Waals surface area contributed by atoms with Gasteiger partial charge in [0.05, 0.1) is 23.3 Å². The number of unbranched alkanes of at least 4 members (excludes halogenated alkanes) is 5. The van der Waals surface area contributed by atoms with Gasteiger partial charge in [-0.05, 0) is 41.8 Å². The van der Waals surface area contributed by atoms with Gasteiger partial charge in [0, 0.05) is 29.7 Å². The van der Waals surface area contributed by atoms with Gasteiger partial charge in [0.15, 0.2) is 5.78 Å². The second-order valence-electron chi connectivity index (χ2n) is 9.11. The standard InChI is InChI=1S/C30H28N2O4/c1-2-3-4-5-6-9-18-36-30(35)25-24-19-21(20-12-15-31-16-13-20)14-17-32(24)27-26(25)28(33)22-10-7-8-11-23(22)29(27)34/h7-8,10-17,19H,2-6,9,18H2,1H3. The van der Waals surface area contributed by atoms with Crippen LogP contribution in [0.4, 0.5) is 0 Å². The molecule has 0 spiro atoms. The molecule has 1 aliphatic rings. The van der Waals surface area contributed by atoms with Gasteiger partial charge >= 0.3 is 5.97 Å². The summed E-state index contributed by atoms with van der Waals surface area (Å²) in [5.74, 6) is -1.18. The quantitative estimate of drug-likeness (QED) is 0.183. The van der Waals surface area contributed by atoms with Gasteiger partial charge in [0.25, 0.3) is 0 Å². The zero-order chi connectivity index (χ0) is 25.1. The predicted octanol–water partition coefficient (Wildman–Crippen LogP) is 6.29. The Balaban J connectivity index is 1.56. The van der Waals surface area contributed by atoms with Crippen LogP contribution in [-0.2, 0) is 4.74 Å². The normalized spacial score (nSPS) is 12.5. The average Bonchev–Trinajstić information content (AvgIpc) is 3.26. The Hall–Kier alpha value is -4.06. The van der Waals surface area contributed by atoms with E-state index < -0.39 is 5.97 Å². The molecule has 3 heterocycles. The molecule has 0 radical (unpaired) electrons. The molecule has 36 heavy (non-hydrogen) atoms. The van der Waals surface area contributed by atoms with E-state index >= 15 is 0 Å². The van der Waals surface area contributed by atoms with Crippen LogP contribution in [0.15, 0.2) is 67.1 Å². The molecule has 0 saturated heterocycles. The molecule has 1 aromatic carbocycles. The van der Waals surface area contributed by atoms with Gasteiger partial charge in [0.2, 0.25) is 5.78 Å². The summed E-state index contributed by atoms with van der Waals surface area (Å²) in [5, 5.41) is 0. The van der Waals surface area contributed by atoms with Crippen molar-refractivity contribution in [2.24, 2.45) is 0 Å². The molecular weight excluding hydrogens is 452 g/mol. The summed E-state index contributed by atoms with van der Waals surface area (Å²) >= 11 is 0. The monoisotopic (exact) mass is 480 g/mol. The third-order valence-electron chi connectivity index (χ3n) is 6.75. The fourth-order valence-electron chi connectivity index (χ4n) is 4.89. The maximum Gasteiger partial charge on any atom is 0.341 e. The lowest BCUT2D eigenvalue weighted by Crippen LogP contribution is -2.23. The van der Waals surface area contributed by atoms with Crippen molar-refractivity contribution >= 4 is 23.1 Å². The number of esters is 1. The highest BCUT2D eigenvalue weighted by Gasteiger charge is 2.38. The Morgan fingerprint density at radius 1 is 0.861 bits per heavy atom. The number of carbonyl (C=O) groups is 3. The minimum absolute atomic E-state index is 0.124. The summed E-state index contributed by atoms with van der Waals surface area (Å²) in [5.41, 5.74) is 3.39. The first-order valence-corrected chi connectivity index (χ1v) is 12.6. The highest BCUT2D eigenvalue weighted by molar-refractivity contribution is 6.31. The van der Waals surface area contributed by atoms with Crippen molar-refractivity contribution < 1.29 is 19.1 Å². The third kappa shape index (κ3) is 4.24. The molecule has 0 unspecified atom stereocenters. The summed E-state index contributed by atoms with van der Waals surface area (Å²) in [6, 6.07) is 14.2. The summed E-state index contributed by atoms with van der Waals surface area (Å²) < 4.78 is 7.31. The second-order valence-corrected chi connectivity index (χ2v) is 9.11. The van der Waals surface area contributed by atoms with Crippen LogP contribution in [0.2, 0.25) is 0 Å². The van der Waals surface area contributed by atoms with Crippen LogP contribution < -0.4 is 0 Å². The highest BCUT2D eigenvalue weighted by atomic mass is 16.5. The molecule has 0 aliphatic heterocycles. The summed E-state index contributed by atoms with van der Waals surface area (Å²) in [4.78, 5) is 44.6. The van der Waals surface area contributed by atoms with E-state index in [9.17, 15) is 14.4 Å². The van der Waals surface area contributed by atoms with Gasteiger partial charge in [-0.2, -0.15) is 0 Å². The van der Waals surface area contributed by atoms with Gasteiger partial charge in [0.1, 0.15) is 5.69 Å². The van der Waals surface area contributed by atoms with Gasteiger partial charge in [-0.25, -0.2) is 4.79 Å². The van der Waals surface area contributed by atoms with Crippen LogP contribution in [0.25, 0.3) is 16.6 Å². The lowest BCUT2D eigenvalue weighted by Gasteiger charge is -2.15. The van der Waals surface area contributed by atoms with Crippen LogP contribution in [-0.4, -0.2) is 33.5 Å². The first-order valence-electron chi connectivity index (χ1n) is 12.6. The van der Waals surface area contributed by atoms with Crippen molar-refractivity contribution in [3.63, 3.8) is 0 Å². The van der Waals surface area contributed by atoms with Crippen molar-refractivity contribution in [1.82, 2.24) is 9.38 Å². The van der Waals surface area contributed by atoms with E-state index in [0.717, 1.165) is 30.4 Å². The largest absolute Gasteiger partial charge is 0.462 e. The number of benzene rings is 1. The average molecular weight is 481 g/mol. The zero-order valence-electron chi connectivity index (χ0n) is 20.3. The number of nitrogens with zero attached hydrogens (tertiary/aromatic N) is 2. The molecule has 3 aromatic heterocycles. The van der Waals surface area contributed by atoms with Crippen LogP contribution in [0.3, 0.4) is 0 Å². The van der Waals surface area contributed by atoms with E-state index in [1.807, 2.05) is 24.3 Å². The Morgan fingerprint density at radius 3 is 2.31 bits per heavy atom. The summed E-state index contributed by atoms with van der Waals surface area (Å²) in [7, 11) is 0. The van der Waals surface area contributed by atoms with E-state index in [4.69, 9.17) is 4.74 Å². The van der Waals surface area contributed by atoms with Gasteiger partial charge in [-0.1, -0.05) is 63.3 Å². The molecule has 0 N–H and O–H groups in total. The minimum atomic E-state index is -0.574. The summed E-state index contributed by atoms with van der Waals surface area (Å²) in [6.07, 6.45) is 11.6. The molecule has 5 rings (SSSR count). The lowest BCUT2D eigenvalue weighted by atomic mass is 9.86. The third-order valence-corrected chi connectivity index (χ3v) is 6.75. The number of carbonyl (C=O) groups excluding carboxylic acids is 3. The van der Waals surface area contributed by atoms with Crippen molar-refractivity contribution in [3.05, 3.63) is 95.1 Å². The van der Waals surface area contributed by atoms with E-state index in [0.29, 0.717) is 16.6 Å². The van der Waals surface area contributed by atoms with E-state index in [1.165, 1.54) is 19.3 Å². The van der Waals surface area contributed by atoms with Crippen LogP contribution >= 0.6 is 0 Å². The number of ether oxygens (including phenoxy) is 1. The molecule has 182 valence electrons. The molecule has 1 aliphatic carbocycles. The molecule has 6 heteroatoms. The molecular formula is C30H28N2O4. The Kier molecular flexibility index (Phi) is 6.76. The SMILES string of the molecule is CCCCCCCCOC(=O)c1c2c(n3ccc(-c4ccncc4)cc13)C(=O)c1ccccc1C2=O. The molecule has 0 saturated carbocycles. The molecule has 4 aromatic rings. The number of pyridine rings is 2. The molecule has 0 amide bonds. The Morgan fingerprint density at radius 2 is 1.56 bits per heavy atom. The topological polar surface area (TPSA) is 77.7 Å². The highest BCUT2D eigenvalue weighted by Crippen LogP contribution is 2.35. The molecule has 0 fully saturated rings. The van der Waals surface area contributed by atoms with Crippen LogP contribution in [0.1, 0.15) is 87.8 Å². The fraction of sp³-hybridized carbons (Fsp3) is 0.267. The van der Waals surface area contributed by atoms with E-state index in [1.54, 1.807) is 47.3 Å². The smallest absolute Gasteiger partial charge is 0.341 e. The van der Waals surface area contributed by atoms with Crippen molar-refractivity contribution in [1.29, 1.82) is 0 Å². The van der Waals surface area contributed by atoms with Crippen molar-refractivity contribution in [3.8, 4) is 11.1 Å². The van der Waals surface area contributed by atoms with Crippen molar-refractivity contribution in [2.45, 2.75) is 45.4 Å². The predicted molar refractivity (Wildman–Crippen MR) is 138 cm³/mol. The first kappa shape index (κ1) is 23.7. The van der Waals surface area contributed by atoms with Gasteiger partial charge < -0.3 is 9.14 Å². The van der Waals surface area contributed by atoms with Crippen molar-refractivity contribution in [2.75, 3.05) is 6.61 Å². The number of hydrogen-bond donors (Lipinski definition) is 0. The lowest BCUT2D eigenvalue weighted by molar-refractivity contribution is 0.0497. The van der Waals surface area contributed by atoms with E-state index in [-0.39, 0.29) is 35.0 Å². The maximum absolute atomic E-state index is 13.6. The van der Waals surface area contributed by atoms with Crippen LogP contribution in [0, 0.1) is 0 Å². The second kappa shape index (κ2) is 10.3. The Labute approximate surface area is 209 Å². The van der Waals surface area contributed by atoms with E-state index in [2.05, 4.69) is 11.9 Å². The summed E-state index contributed by atoms with van der Waals surface area (Å²) in [6.45, 7) is 2.45. The fourth-order valence-corrected chi connectivity index (χ4v) is 4.89. The molecule has 0 atom stereocenters. The number of fused-ring (bicyclic) bond motifs is 4. The first-order chi connectivity index (χ1) is 17.6. The van der Waals surface area contributed by atoms with Gasteiger partial charge in [-0.3, -0.25) is 14.6 Å². The minimum Gasteiger partial charge on any atom is -0.462 e. The maximum atomic E-state index is 13.6. The molecule has 6 nitrogen and oxygen atoms in total. The van der Waals surface area contributed by atoms with Crippen LogP contribution in [0.5, 0.6) is 0 Å². The van der Waals surface area contributed by atoms with Gasteiger partial charge in [-0.15, -0.1) is 0 Å². The Bertz CT molecular complexity index is 1450. The zero-order valence-corrected chi connectivity index (χ0v) is 20.3. The number of rotatable bonds is 9. The number of hydrogen-bond acceptors (Lipinski definition) is 5. The molecule has 0 bridgehead atoms. The number of ketones is 2.